The van der Waals surface area contributed by atoms with Crippen molar-refractivity contribution in [3.8, 4) is 16.9 Å². The third-order valence-corrected chi connectivity index (χ3v) is 5.46. The maximum absolute atomic E-state index is 13.6. The third-order valence-electron chi connectivity index (χ3n) is 5.46. The number of aromatic amines is 1. The minimum atomic E-state index is -0.398. The number of halogens is 1. The molecule has 1 unspecified atom stereocenters. The average molecular weight is 394 g/mol. The smallest absolute Gasteiger partial charge is 0.231 e. The Balaban J connectivity index is 1.53. The zero-order valence-corrected chi connectivity index (χ0v) is 16.5. The van der Waals surface area contributed by atoms with Crippen LogP contribution in [0.3, 0.4) is 0 Å². The predicted octanol–water partition coefficient (Wildman–Crippen LogP) is 3.78. The van der Waals surface area contributed by atoms with Crippen LogP contribution < -0.4 is 9.64 Å². The van der Waals surface area contributed by atoms with E-state index in [4.69, 9.17) is 4.74 Å². The number of H-pyrrole nitrogens is 1. The molecule has 1 fully saturated rings. The van der Waals surface area contributed by atoms with Gasteiger partial charge in [-0.3, -0.25) is 14.8 Å². The molecule has 4 rings (SSSR count). The number of methoxy groups -OCH3 is 1. The number of nitrogens with one attached hydrogen (secondary N) is 1. The number of carbonyl (C=O) groups excluding carboxylic acids is 1. The van der Waals surface area contributed by atoms with Gasteiger partial charge in [-0.1, -0.05) is 13.0 Å². The Morgan fingerprint density at radius 2 is 2.17 bits per heavy atom. The number of hydrogen-bond acceptors (Lipinski definition) is 4. The molecule has 1 aliphatic heterocycles. The van der Waals surface area contributed by atoms with Gasteiger partial charge in [-0.2, -0.15) is 5.10 Å². The van der Waals surface area contributed by atoms with Gasteiger partial charge in [0, 0.05) is 36.0 Å². The first kappa shape index (κ1) is 19.1. The third kappa shape index (κ3) is 3.72. The number of aryl methyl sites for hydroxylation is 1. The van der Waals surface area contributed by atoms with E-state index in [1.165, 1.54) is 13.2 Å². The van der Waals surface area contributed by atoms with Crippen LogP contribution in [-0.2, 0) is 17.6 Å². The number of ether oxygens (including phenoxy) is 1. The number of carbonyl (C=O) groups is 1. The van der Waals surface area contributed by atoms with Gasteiger partial charge in [0.05, 0.1) is 13.3 Å². The van der Waals surface area contributed by atoms with Crippen molar-refractivity contribution in [3.63, 3.8) is 0 Å². The van der Waals surface area contributed by atoms with E-state index in [-0.39, 0.29) is 17.6 Å². The maximum Gasteiger partial charge on any atom is 0.231 e. The minimum Gasteiger partial charge on any atom is -0.494 e. The van der Waals surface area contributed by atoms with Crippen molar-refractivity contribution in [2.75, 3.05) is 18.6 Å². The SMILES string of the molecule is CCc1cc(N2CCC(Cc3ccc(F)c(OC)c3)C2=O)ncc1-c1cn[nH]c1. The molecule has 1 saturated heterocycles. The Morgan fingerprint density at radius 1 is 1.31 bits per heavy atom. The Morgan fingerprint density at radius 3 is 2.90 bits per heavy atom. The van der Waals surface area contributed by atoms with Crippen molar-refractivity contribution in [1.82, 2.24) is 15.2 Å². The van der Waals surface area contributed by atoms with Crippen molar-refractivity contribution in [3.05, 3.63) is 59.8 Å². The van der Waals surface area contributed by atoms with Gasteiger partial charge in [0.1, 0.15) is 5.82 Å². The summed E-state index contributed by atoms with van der Waals surface area (Å²) in [5.41, 5.74) is 4.01. The summed E-state index contributed by atoms with van der Waals surface area (Å²) in [4.78, 5) is 19.3. The summed E-state index contributed by atoms with van der Waals surface area (Å²) in [7, 11) is 1.44. The second kappa shape index (κ2) is 8.03. The van der Waals surface area contributed by atoms with E-state index in [2.05, 4.69) is 22.1 Å². The Kier molecular flexibility index (Phi) is 5.29. The van der Waals surface area contributed by atoms with Crippen LogP contribution >= 0.6 is 0 Å². The molecule has 0 bridgehead atoms. The summed E-state index contributed by atoms with van der Waals surface area (Å²) in [6, 6.07) is 6.75. The van der Waals surface area contributed by atoms with Crippen LogP contribution in [0.15, 0.2) is 42.9 Å². The van der Waals surface area contributed by atoms with E-state index in [0.29, 0.717) is 18.8 Å². The lowest BCUT2D eigenvalue weighted by atomic mass is 9.98. The second-order valence-electron chi connectivity index (χ2n) is 7.19. The summed E-state index contributed by atoms with van der Waals surface area (Å²) in [5, 5.41) is 6.83. The lowest BCUT2D eigenvalue weighted by molar-refractivity contribution is -0.120. The van der Waals surface area contributed by atoms with Crippen molar-refractivity contribution >= 4 is 11.7 Å². The van der Waals surface area contributed by atoms with E-state index in [1.54, 1.807) is 23.2 Å². The molecule has 150 valence electrons. The van der Waals surface area contributed by atoms with E-state index in [9.17, 15) is 9.18 Å². The molecule has 7 heteroatoms. The number of anilines is 1. The molecule has 1 amide bonds. The number of pyridine rings is 1. The maximum atomic E-state index is 13.6. The summed E-state index contributed by atoms with van der Waals surface area (Å²) < 4.78 is 18.7. The number of rotatable bonds is 6. The summed E-state index contributed by atoms with van der Waals surface area (Å²) in [6.07, 6.45) is 7.54. The van der Waals surface area contributed by atoms with Crippen LogP contribution in [0, 0.1) is 11.7 Å². The highest BCUT2D eigenvalue weighted by Crippen LogP contribution is 2.31. The highest BCUT2D eigenvalue weighted by molar-refractivity contribution is 5.96. The lowest BCUT2D eigenvalue weighted by Gasteiger charge is -2.18. The fraction of sp³-hybridized carbons (Fsp3) is 0.318. The summed E-state index contributed by atoms with van der Waals surface area (Å²) in [6.45, 7) is 2.71. The number of benzene rings is 1. The number of nitrogens with zero attached hydrogens (tertiary/aromatic N) is 3. The van der Waals surface area contributed by atoms with Crippen LogP contribution in [0.4, 0.5) is 10.2 Å². The zero-order valence-electron chi connectivity index (χ0n) is 16.5. The van der Waals surface area contributed by atoms with E-state index in [0.717, 1.165) is 35.1 Å². The van der Waals surface area contributed by atoms with Crippen LogP contribution in [-0.4, -0.2) is 34.7 Å². The number of amides is 1. The van der Waals surface area contributed by atoms with Gasteiger partial charge in [-0.05, 0) is 48.6 Å². The average Bonchev–Trinajstić information content (AvgIpc) is 3.39. The largest absolute Gasteiger partial charge is 0.494 e. The predicted molar refractivity (Wildman–Crippen MR) is 108 cm³/mol. The van der Waals surface area contributed by atoms with Gasteiger partial charge >= 0.3 is 0 Å². The highest BCUT2D eigenvalue weighted by atomic mass is 19.1. The van der Waals surface area contributed by atoms with Crippen molar-refractivity contribution in [2.24, 2.45) is 5.92 Å². The molecule has 3 heterocycles. The molecule has 0 saturated carbocycles. The lowest BCUT2D eigenvalue weighted by Crippen LogP contribution is -2.28. The van der Waals surface area contributed by atoms with Crippen LogP contribution in [0.1, 0.15) is 24.5 Å². The summed E-state index contributed by atoms with van der Waals surface area (Å²) >= 11 is 0. The first-order valence-electron chi connectivity index (χ1n) is 9.72. The molecule has 1 aliphatic rings. The number of hydrogen-bond donors (Lipinski definition) is 1. The van der Waals surface area contributed by atoms with Crippen molar-refractivity contribution in [2.45, 2.75) is 26.2 Å². The molecule has 0 spiro atoms. The monoisotopic (exact) mass is 394 g/mol. The van der Waals surface area contributed by atoms with Crippen molar-refractivity contribution < 1.29 is 13.9 Å². The summed E-state index contributed by atoms with van der Waals surface area (Å²) in [5.74, 6) is 0.390. The van der Waals surface area contributed by atoms with Gasteiger partial charge in [0.25, 0.3) is 0 Å². The van der Waals surface area contributed by atoms with Crippen LogP contribution in [0.2, 0.25) is 0 Å². The first-order valence-corrected chi connectivity index (χ1v) is 9.72. The molecule has 6 nitrogen and oxygen atoms in total. The molecule has 2 aromatic heterocycles. The van der Waals surface area contributed by atoms with Crippen LogP contribution in [0.5, 0.6) is 5.75 Å². The topological polar surface area (TPSA) is 71.1 Å². The fourth-order valence-corrected chi connectivity index (χ4v) is 3.85. The highest BCUT2D eigenvalue weighted by Gasteiger charge is 2.33. The molecular formula is C22H23FN4O2. The van der Waals surface area contributed by atoms with Crippen LogP contribution in [0.25, 0.3) is 11.1 Å². The molecular weight excluding hydrogens is 371 g/mol. The van der Waals surface area contributed by atoms with Crippen molar-refractivity contribution in [1.29, 1.82) is 0 Å². The molecule has 29 heavy (non-hydrogen) atoms. The Bertz CT molecular complexity index is 1020. The van der Waals surface area contributed by atoms with Gasteiger partial charge in [-0.15, -0.1) is 0 Å². The van der Waals surface area contributed by atoms with Gasteiger partial charge < -0.3 is 4.74 Å². The second-order valence-corrected chi connectivity index (χ2v) is 7.19. The Labute approximate surface area is 168 Å². The zero-order chi connectivity index (χ0) is 20.4. The van der Waals surface area contributed by atoms with Gasteiger partial charge in [-0.25, -0.2) is 9.37 Å². The standard InChI is InChI=1S/C22H23FN4O2/c1-3-15-10-21(24-13-18(15)17-11-25-26-12-17)27-7-6-16(22(27)28)8-14-4-5-19(23)20(9-14)29-2/h4-5,9-13,16H,3,6-8H2,1-2H3,(H,25,26). The molecule has 0 aliphatic carbocycles. The van der Waals surface area contributed by atoms with E-state index >= 15 is 0 Å². The molecule has 1 atom stereocenters. The normalized spacial score (nSPS) is 16.4. The van der Waals surface area contributed by atoms with Gasteiger partial charge in [0.15, 0.2) is 11.6 Å². The quantitative estimate of drug-likeness (QED) is 0.691. The minimum absolute atomic E-state index is 0.0545. The van der Waals surface area contributed by atoms with E-state index in [1.807, 2.05) is 18.5 Å². The van der Waals surface area contributed by atoms with E-state index < -0.39 is 5.82 Å². The molecule has 0 radical (unpaired) electrons. The Hall–Kier alpha value is -3.22. The first-order chi connectivity index (χ1) is 14.1. The molecule has 1 N–H and O–H groups in total. The fourth-order valence-electron chi connectivity index (χ4n) is 3.85. The molecule has 1 aromatic carbocycles. The molecule has 3 aromatic rings. The number of aromatic nitrogens is 3. The van der Waals surface area contributed by atoms with Gasteiger partial charge in [0.2, 0.25) is 5.91 Å².